The molecule has 0 spiro atoms. The van der Waals surface area contributed by atoms with Crippen LogP contribution in [0.25, 0.3) is 0 Å². The van der Waals surface area contributed by atoms with Crippen LogP contribution in [0.3, 0.4) is 0 Å². The third kappa shape index (κ3) is 1.61. The maximum absolute atomic E-state index is 4.46. The number of likely N-dealkylation sites (N-methyl/N-ethyl adjacent to an activating group) is 1. The zero-order valence-corrected chi connectivity index (χ0v) is 9.08. The summed E-state index contributed by atoms with van der Waals surface area (Å²) in [6.45, 7) is 1.93. The van der Waals surface area contributed by atoms with Crippen LogP contribution in [0.5, 0.6) is 0 Å². The molecule has 0 bridgehead atoms. The van der Waals surface area contributed by atoms with Gasteiger partial charge in [-0.2, -0.15) is 0 Å². The summed E-state index contributed by atoms with van der Waals surface area (Å²) < 4.78 is 1.11. The molecule has 2 nitrogen and oxygen atoms in total. The number of rotatable bonds is 1. The Bertz CT molecular complexity index is 347. The number of hydrogen-bond acceptors (Lipinski definition) is 2. The first-order valence-electron chi connectivity index (χ1n) is 4.29. The van der Waals surface area contributed by atoms with Crippen LogP contribution in [0.1, 0.15) is 5.56 Å². The van der Waals surface area contributed by atoms with Crippen molar-refractivity contribution in [1.29, 1.82) is 0 Å². The van der Waals surface area contributed by atoms with Crippen molar-refractivity contribution in [3.8, 4) is 0 Å². The van der Waals surface area contributed by atoms with Gasteiger partial charge in [-0.1, -0.05) is 34.1 Å². The van der Waals surface area contributed by atoms with Crippen LogP contribution < -0.4 is 0 Å². The smallest absolute Gasteiger partial charge is 0.131 e. The lowest BCUT2D eigenvalue weighted by Crippen LogP contribution is -2.23. The topological polar surface area (TPSA) is 15.6 Å². The molecule has 1 aliphatic heterocycles. The van der Waals surface area contributed by atoms with E-state index in [1.807, 2.05) is 18.2 Å². The van der Waals surface area contributed by atoms with E-state index in [1.165, 1.54) is 5.56 Å². The average molecular weight is 239 g/mol. The van der Waals surface area contributed by atoms with E-state index in [-0.39, 0.29) is 0 Å². The zero-order valence-electron chi connectivity index (χ0n) is 7.50. The van der Waals surface area contributed by atoms with E-state index in [2.05, 4.69) is 38.9 Å². The number of hydrogen-bond donors (Lipinski definition) is 0. The Balaban J connectivity index is 2.40. The van der Waals surface area contributed by atoms with Gasteiger partial charge >= 0.3 is 0 Å². The van der Waals surface area contributed by atoms with Gasteiger partial charge in [-0.15, -0.1) is 0 Å². The molecule has 13 heavy (non-hydrogen) atoms. The van der Waals surface area contributed by atoms with Gasteiger partial charge < -0.3 is 4.90 Å². The largest absolute Gasteiger partial charge is 0.358 e. The second-order valence-corrected chi connectivity index (χ2v) is 3.96. The highest BCUT2D eigenvalue weighted by Crippen LogP contribution is 2.19. The molecule has 0 aromatic heterocycles. The molecule has 0 saturated carbocycles. The molecule has 0 aliphatic carbocycles. The predicted molar refractivity (Wildman–Crippen MR) is 58.2 cm³/mol. The van der Waals surface area contributed by atoms with Gasteiger partial charge in [0, 0.05) is 23.6 Å². The molecule has 0 atom stereocenters. The molecule has 0 amide bonds. The highest BCUT2D eigenvalue weighted by molar-refractivity contribution is 9.10. The third-order valence-electron chi connectivity index (χ3n) is 2.17. The van der Waals surface area contributed by atoms with Crippen molar-refractivity contribution < 1.29 is 0 Å². The van der Waals surface area contributed by atoms with Crippen LogP contribution in [-0.2, 0) is 0 Å². The Morgan fingerprint density at radius 1 is 1.38 bits per heavy atom. The number of amidine groups is 1. The molecule has 0 unspecified atom stereocenters. The highest BCUT2D eigenvalue weighted by atomic mass is 79.9. The minimum absolute atomic E-state index is 0.910. The van der Waals surface area contributed by atoms with Gasteiger partial charge in [0.25, 0.3) is 0 Å². The first-order valence-corrected chi connectivity index (χ1v) is 5.09. The summed E-state index contributed by atoms with van der Waals surface area (Å²) >= 11 is 3.53. The van der Waals surface area contributed by atoms with Crippen LogP contribution in [0.2, 0.25) is 0 Å². The summed E-state index contributed by atoms with van der Waals surface area (Å²) in [5, 5.41) is 0. The van der Waals surface area contributed by atoms with E-state index in [4.69, 9.17) is 0 Å². The van der Waals surface area contributed by atoms with Gasteiger partial charge in [-0.25, -0.2) is 0 Å². The molecular weight excluding hydrogens is 228 g/mol. The molecule has 0 fully saturated rings. The molecular formula is C10H11BrN2. The summed E-state index contributed by atoms with van der Waals surface area (Å²) in [4.78, 5) is 6.64. The fourth-order valence-corrected chi connectivity index (χ4v) is 1.93. The minimum Gasteiger partial charge on any atom is -0.358 e. The first kappa shape index (κ1) is 8.75. The van der Waals surface area contributed by atoms with Crippen molar-refractivity contribution in [3.05, 3.63) is 34.3 Å². The van der Waals surface area contributed by atoms with E-state index < -0.39 is 0 Å². The Morgan fingerprint density at radius 2 is 2.15 bits per heavy atom. The van der Waals surface area contributed by atoms with Gasteiger partial charge in [-0.3, -0.25) is 4.99 Å². The van der Waals surface area contributed by atoms with Crippen molar-refractivity contribution in [2.24, 2.45) is 4.99 Å². The summed E-state index contributed by atoms with van der Waals surface area (Å²) in [6.07, 6.45) is 0. The second-order valence-electron chi connectivity index (χ2n) is 3.11. The number of benzene rings is 1. The van der Waals surface area contributed by atoms with E-state index in [1.54, 1.807) is 0 Å². The molecule has 3 heteroatoms. The third-order valence-corrected chi connectivity index (χ3v) is 2.86. The van der Waals surface area contributed by atoms with E-state index in [0.29, 0.717) is 0 Å². The number of nitrogens with zero attached hydrogens (tertiary/aromatic N) is 2. The predicted octanol–water partition coefficient (Wildman–Crippen LogP) is 2.14. The van der Waals surface area contributed by atoms with Crippen LogP contribution in [0.15, 0.2) is 33.7 Å². The van der Waals surface area contributed by atoms with Gasteiger partial charge in [0.15, 0.2) is 0 Å². The lowest BCUT2D eigenvalue weighted by atomic mass is 10.2. The summed E-state index contributed by atoms with van der Waals surface area (Å²) in [6, 6.07) is 8.19. The average Bonchev–Trinajstić information content (AvgIpc) is 2.52. The molecule has 0 N–H and O–H groups in total. The second kappa shape index (κ2) is 3.50. The van der Waals surface area contributed by atoms with Gasteiger partial charge in [-0.05, 0) is 6.07 Å². The van der Waals surface area contributed by atoms with Gasteiger partial charge in [0.1, 0.15) is 5.84 Å². The fraction of sp³-hybridized carbons (Fsp3) is 0.300. The number of aliphatic imine (C=N–C) groups is 1. The van der Waals surface area contributed by atoms with E-state index >= 15 is 0 Å². The van der Waals surface area contributed by atoms with Gasteiger partial charge in [0.05, 0.1) is 6.54 Å². The van der Waals surface area contributed by atoms with Crippen molar-refractivity contribution >= 4 is 21.8 Å². The Kier molecular flexibility index (Phi) is 2.36. The minimum atomic E-state index is 0.910. The monoisotopic (exact) mass is 238 g/mol. The molecule has 1 aromatic carbocycles. The van der Waals surface area contributed by atoms with Crippen LogP contribution in [0.4, 0.5) is 0 Å². The van der Waals surface area contributed by atoms with Crippen molar-refractivity contribution in [2.75, 3.05) is 20.1 Å². The molecule has 2 rings (SSSR count). The fourth-order valence-electron chi connectivity index (χ4n) is 1.47. The van der Waals surface area contributed by atoms with Gasteiger partial charge in [0.2, 0.25) is 0 Å². The lowest BCUT2D eigenvalue weighted by Gasteiger charge is -2.14. The Hall–Kier alpha value is -0.830. The molecule has 68 valence electrons. The van der Waals surface area contributed by atoms with Crippen molar-refractivity contribution in [3.63, 3.8) is 0 Å². The van der Waals surface area contributed by atoms with Crippen LogP contribution in [0, 0.1) is 0 Å². The summed E-state index contributed by atoms with van der Waals surface area (Å²) in [5.41, 5.74) is 1.18. The molecule has 1 aromatic rings. The molecule has 1 aliphatic rings. The Morgan fingerprint density at radius 3 is 2.77 bits per heavy atom. The standard InChI is InChI=1S/C10H11BrN2/c1-13-7-6-12-10(13)8-4-2-3-5-9(8)11/h2-5H,6-7H2,1H3. The zero-order chi connectivity index (χ0) is 9.26. The van der Waals surface area contributed by atoms with Crippen LogP contribution >= 0.6 is 15.9 Å². The maximum atomic E-state index is 4.46. The Labute approximate surface area is 86.4 Å². The quantitative estimate of drug-likeness (QED) is 0.733. The molecule has 0 radical (unpaired) electrons. The highest BCUT2D eigenvalue weighted by Gasteiger charge is 2.15. The number of halogens is 1. The maximum Gasteiger partial charge on any atom is 0.131 e. The van der Waals surface area contributed by atoms with Crippen LogP contribution in [-0.4, -0.2) is 30.9 Å². The summed E-state index contributed by atoms with van der Waals surface area (Å²) in [5.74, 6) is 1.09. The van der Waals surface area contributed by atoms with E-state index in [9.17, 15) is 0 Å². The lowest BCUT2D eigenvalue weighted by molar-refractivity contribution is 0.556. The molecule has 1 heterocycles. The molecule has 0 saturated heterocycles. The van der Waals surface area contributed by atoms with Crippen molar-refractivity contribution in [2.45, 2.75) is 0 Å². The van der Waals surface area contributed by atoms with Crippen molar-refractivity contribution in [1.82, 2.24) is 4.90 Å². The normalized spacial score (nSPS) is 16.2. The summed E-state index contributed by atoms with van der Waals surface area (Å²) in [7, 11) is 2.07. The SMILES string of the molecule is CN1CCN=C1c1ccccc1Br. The van der Waals surface area contributed by atoms with E-state index in [0.717, 1.165) is 23.4 Å². The first-order chi connectivity index (χ1) is 6.29.